The highest BCUT2D eigenvalue weighted by Crippen LogP contribution is 2.33. The number of halogens is 1. The molecular weight excluding hydrogens is 325 g/mol. The zero-order chi connectivity index (χ0) is 17.5. The summed E-state index contributed by atoms with van der Waals surface area (Å²) in [6.07, 6.45) is 1.18. The molecule has 5 heteroatoms. The minimum absolute atomic E-state index is 0.276. The first-order chi connectivity index (χ1) is 11.2. The molecule has 0 unspecified atom stereocenters. The lowest BCUT2D eigenvalue weighted by Gasteiger charge is -2.07. The SMILES string of the molecule is Cc1cc(F)cc(-c2cc(C)[nH]c2-c2ccc(S(C)(=O)=O)cc2)c1. The molecule has 124 valence electrons. The van der Waals surface area contributed by atoms with E-state index in [9.17, 15) is 12.8 Å². The fraction of sp³-hybridized carbons (Fsp3) is 0.158. The van der Waals surface area contributed by atoms with Crippen LogP contribution in [0.15, 0.2) is 53.4 Å². The quantitative estimate of drug-likeness (QED) is 0.761. The van der Waals surface area contributed by atoms with E-state index in [0.29, 0.717) is 0 Å². The van der Waals surface area contributed by atoms with Crippen molar-refractivity contribution in [3.8, 4) is 22.4 Å². The molecule has 0 spiro atoms. The van der Waals surface area contributed by atoms with Crippen molar-refractivity contribution in [1.82, 2.24) is 4.98 Å². The van der Waals surface area contributed by atoms with Gasteiger partial charge in [0.05, 0.1) is 10.6 Å². The van der Waals surface area contributed by atoms with Gasteiger partial charge in [-0.05, 0) is 60.9 Å². The molecule has 0 atom stereocenters. The van der Waals surface area contributed by atoms with E-state index in [4.69, 9.17) is 0 Å². The third kappa shape index (κ3) is 3.26. The first-order valence-corrected chi connectivity index (χ1v) is 9.41. The monoisotopic (exact) mass is 343 g/mol. The summed E-state index contributed by atoms with van der Waals surface area (Å²) in [6, 6.07) is 13.6. The van der Waals surface area contributed by atoms with Crippen molar-refractivity contribution in [3.63, 3.8) is 0 Å². The molecule has 1 heterocycles. The fourth-order valence-corrected chi connectivity index (χ4v) is 3.44. The van der Waals surface area contributed by atoms with Gasteiger partial charge in [0.15, 0.2) is 9.84 Å². The van der Waals surface area contributed by atoms with Gasteiger partial charge in [-0.3, -0.25) is 0 Å². The predicted octanol–water partition coefficient (Wildman–Crippen LogP) is 4.51. The van der Waals surface area contributed by atoms with E-state index in [-0.39, 0.29) is 10.7 Å². The normalized spacial score (nSPS) is 11.7. The first-order valence-electron chi connectivity index (χ1n) is 7.52. The van der Waals surface area contributed by atoms with E-state index in [1.807, 2.05) is 26.0 Å². The molecule has 0 bridgehead atoms. The van der Waals surface area contributed by atoms with Crippen molar-refractivity contribution in [1.29, 1.82) is 0 Å². The van der Waals surface area contributed by atoms with Gasteiger partial charge in [0.2, 0.25) is 0 Å². The maximum Gasteiger partial charge on any atom is 0.175 e. The van der Waals surface area contributed by atoms with Crippen LogP contribution in [0, 0.1) is 19.7 Å². The molecule has 0 aliphatic rings. The highest BCUT2D eigenvalue weighted by atomic mass is 32.2. The number of hydrogen-bond acceptors (Lipinski definition) is 2. The third-order valence-corrected chi connectivity index (χ3v) is 5.01. The summed E-state index contributed by atoms with van der Waals surface area (Å²) in [6.45, 7) is 3.79. The molecule has 2 aromatic carbocycles. The largest absolute Gasteiger partial charge is 0.358 e. The van der Waals surface area contributed by atoms with Crippen LogP contribution in [0.1, 0.15) is 11.3 Å². The van der Waals surface area contributed by atoms with Crippen molar-refractivity contribution >= 4 is 9.84 Å². The molecule has 0 radical (unpaired) electrons. The second-order valence-corrected chi connectivity index (χ2v) is 8.07. The Hall–Kier alpha value is -2.40. The number of sulfone groups is 1. The lowest BCUT2D eigenvalue weighted by molar-refractivity contribution is 0.602. The van der Waals surface area contributed by atoms with Gasteiger partial charge in [0.25, 0.3) is 0 Å². The third-order valence-electron chi connectivity index (χ3n) is 3.88. The highest BCUT2D eigenvalue weighted by Gasteiger charge is 2.13. The molecule has 0 aliphatic heterocycles. The number of hydrogen-bond donors (Lipinski definition) is 1. The molecule has 0 saturated heterocycles. The fourth-order valence-electron chi connectivity index (χ4n) is 2.81. The number of nitrogens with one attached hydrogen (secondary N) is 1. The van der Waals surface area contributed by atoms with Crippen molar-refractivity contribution in [2.24, 2.45) is 0 Å². The van der Waals surface area contributed by atoms with Crippen molar-refractivity contribution < 1.29 is 12.8 Å². The second kappa shape index (κ2) is 5.91. The van der Waals surface area contributed by atoms with Gasteiger partial charge in [-0.2, -0.15) is 0 Å². The van der Waals surface area contributed by atoms with Gasteiger partial charge in [0.1, 0.15) is 5.82 Å². The number of aromatic amines is 1. The van der Waals surface area contributed by atoms with Crippen LogP contribution in [-0.4, -0.2) is 19.7 Å². The van der Waals surface area contributed by atoms with E-state index in [1.54, 1.807) is 24.3 Å². The van der Waals surface area contributed by atoms with E-state index in [2.05, 4.69) is 4.98 Å². The first kappa shape index (κ1) is 16.5. The summed E-state index contributed by atoms with van der Waals surface area (Å²) < 4.78 is 37.0. The second-order valence-electron chi connectivity index (χ2n) is 6.05. The Morgan fingerprint density at radius 1 is 0.917 bits per heavy atom. The van der Waals surface area contributed by atoms with Crippen LogP contribution < -0.4 is 0 Å². The summed E-state index contributed by atoms with van der Waals surface area (Å²) in [5, 5.41) is 0. The molecule has 3 aromatic rings. The van der Waals surface area contributed by atoms with Gasteiger partial charge in [-0.15, -0.1) is 0 Å². The average Bonchev–Trinajstić information content (AvgIpc) is 2.87. The van der Waals surface area contributed by atoms with Crippen LogP contribution in [0.2, 0.25) is 0 Å². The number of rotatable bonds is 3. The number of H-pyrrole nitrogens is 1. The smallest absolute Gasteiger partial charge is 0.175 e. The average molecular weight is 343 g/mol. The Labute approximate surface area is 141 Å². The van der Waals surface area contributed by atoms with Crippen LogP contribution >= 0.6 is 0 Å². The molecule has 3 rings (SSSR count). The Bertz CT molecular complexity index is 982. The zero-order valence-corrected chi connectivity index (χ0v) is 14.5. The maximum absolute atomic E-state index is 13.8. The Kier molecular flexibility index (Phi) is 4.05. The molecule has 1 aromatic heterocycles. The minimum Gasteiger partial charge on any atom is -0.358 e. The summed E-state index contributed by atoms with van der Waals surface area (Å²) >= 11 is 0. The number of aromatic nitrogens is 1. The van der Waals surface area contributed by atoms with Crippen LogP contribution in [0.3, 0.4) is 0 Å². The Morgan fingerprint density at radius 3 is 2.17 bits per heavy atom. The summed E-state index contributed by atoms with van der Waals surface area (Å²) in [7, 11) is -3.23. The minimum atomic E-state index is -3.23. The molecule has 3 nitrogen and oxygen atoms in total. The lowest BCUT2D eigenvalue weighted by Crippen LogP contribution is -1.96. The number of benzene rings is 2. The zero-order valence-electron chi connectivity index (χ0n) is 13.7. The summed E-state index contributed by atoms with van der Waals surface area (Å²) in [4.78, 5) is 3.56. The Balaban J connectivity index is 2.13. The van der Waals surface area contributed by atoms with Gasteiger partial charge in [0, 0.05) is 17.5 Å². The van der Waals surface area contributed by atoms with Gasteiger partial charge in [-0.25, -0.2) is 12.8 Å². The molecule has 0 saturated carbocycles. The maximum atomic E-state index is 13.8. The van der Waals surface area contributed by atoms with Gasteiger partial charge in [-0.1, -0.05) is 18.2 Å². The van der Waals surface area contributed by atoms with Crippen LogP contribution in [-0.2, 0) is 9.84 Å². The Morgan fingerprint density at radius 2 is 1.58 bits per heavy atom. The molecule has 1 N–H and O–H groups in total. The van der Waals surface area contributed by atoms with Crippen molar-refractivity contribution in [2.45, 2.75) is 18.7 Å². The van der Waals surface area contributed by atoms with E-state index < -0.39 is 9.84 Å². The van der Waals surface area contributed by atoms with Crippen molar-refractivity contribution in [2.75, 3.05) is 6.26 Å². The number of aryl methyl sites for hydroxylation is 2. The molecule has 0 amide bonds. The predicted molar refractivity (Wildman–Crippen MR) is 94.2 cm³/mol. The molecule has 24 heavy (non-hydrogen) atoms. The van der Waals surface area contributed by atoms with E-state index in [1.165, 1.54) is 18.4 Å². The summed E-state index contributed by atoms with van der Waals surface area (Å²) in [5.41, 5.74) is 5.18. The highest BCUT2D eigenvalue weighted by molar-refractivity contribution is 7.90. The van der Waals surface area contributed by atoms with Gasteiger partial charge < -0.3 is 4.98 Å². The lowest BCUT2D eigenvalue weighted by atomic mass is 10.00. The molecular formula is C19H18FNO2S. The topological polar surface area (TPSA) is 49.9 Å². The molecule has 0 aliphatic carbocycles. The standard InChI is InChI=1S/C19H18FNO2S/c1-12-8-15(11-16(20)9-12)18-10-13(2)21-19(18)14-4-6-17(7-5-14)24(3,22)23/h4-11,21H,1-3H3. The van der Waals surface area contributed by atoms with E-state index >= 15 is 0 Å². The van der Waals surface area contributed by atoms with E-state index in [0.717, 1.165) is 33.6 Å². The van der Waals surface area contributed by atoms with Crippen LogP contribution in [0.5, 0.6) is 0 Å². The molecule has 0 fully saturated rings. The van der Waals surface area contributed by atoms with Crippen LogP contribution in [0.25, 0.3) is 22.4 Å². The van der Waals surface area contributed by atoms with Crippen LogP contribution in [0.4, 0.5) is 4.39 Å². The van der Waals surface area contributed by atoms with Gasteiger partial charge >= 0.3 is 0 Å². The summed E-state index contributed by atoms with van der Waals surface area (Å²) in [5.74, 6) is -0.276. The van der Waals surface area contributed by atoms with Crippen molar-refractivity contribution in [3.05, 3.63) is 65.6 Å².